The van der Waals surface area contributed by atoms with Crippen molar-refractivity contribution in [2.45, 2.75) is 51.0 Å². The number of nitrogens with one attached hydrogen (secondary N) is 1. The van der Waals surface area contributed by atoms with Gasteiger partial charge >= 0.3 is 5.97 Å². The zero-order valence-corrected chi connectivity index (χ0v) is 16.8. The van der Waals surface area contributed by atoms with E-state index in [1.807, 2.05) is 13.0 Å². The minimum Gasteiger partial charge on any atom is -0.481 e. The van der Waals surface area contributed by atoms with Gasteiger partial charge in [-0.05, 0) is 18.4 Å². The van der Waals surface area contributed by atoms with Crippen molar-refractivity contribution in [2.75, 3.05) is 18.2 Å². The summed E-state index contributed by atoms with van der Waals surface area (Å²) in [5, 5.41) is 12.7. The van der Waals surface area contributed by atoms with Gasteiger partial charge in [-0.15, -0.1) is 11.8 Å². The molecule has 2 N–H and O–H groups in total. The second-order valence-corrected chi connectivity index (χ2v) is 7.81. The number of amides is 2. The van der Waals surface area contributed by atoms with Gasteiger partial charge in [-0.25, -0.2) is 0 Å². The van der Waals surface area contributed by atoms with Gasteiger partial charge in [-0.3, -0.25) is 14.4 Å². The van der Waals surface area contributed by atoms with Crippen LogP contribution in [0.2, 0.25) is 0 Å². The molecule has 2 amide bonds. The van der Waals surface area contributed by atoms with Gasteiger partial charge < -0.3 is 15.3 Å². The van der Waals surface area contributed by atoms with Gasteiger partial charge in [-0.1, -0.05) is 50.6 Å². The van der Waals surface area contributed by atoms with E-state index >= 15 is 0 Å². The van der Waals surface area contributed by atoms with Crippen molar-refractivity contribution in [1.29, 1.82) is 0 Å². The first-order valence-corrected chi connectivity index (χ1v) is 10.6. The second-order valence-electron chi connectivity index (χ2n) is 6.81. The van der Waals surface area contributed by atoms with E-state index in [2.05, 4.69) is 5.32 Å². The first-order valence-electron chi connectivity index (χ1n) is 9.40. The van der Waals surface area contributed by atoms with Crippen LogP contribution in [0.3, 0.4) is 0 Å². The molecular formula is C20H28N2O4S. The molecule has 1 aliphatic rings. The highest BCUT2D eigenvalue weighted by molar-refractivity contribution is 7.99. The lowest BCUT2D eigenvalue weighted by Gasteiger charge is -2.30. The summed E-state index contributed by atoms with van der Waals surface area (Å²) in [6.45, 7) is 3.83. The van der Waals surface area contributed by atoms with Crippen LogP contribution in [0.5, 0.6) is 0 Å². The molecule has 0 spiro atoms. The molecule has 27 heavy (non-hydrogen) atoms. The molecule has 0 aliphatic carbocycles. The van der Waals surface area contributed by atoms with Crippen LogP contribution in [0.15, 0.2) is 30.3 Å². The van der Waals surface area contributed by atoms with Crippen LogP contribution in [0, 0.1) is 0 Å². The molecule has 1 aromatic carbocycles. The Balaban J connectivity index is 2.09. The zero-order valence-electron chi connectivity index (χ0n) is 15.9. The molecule has 0 saturated carbocycles. The van der Waals surface area contributed by atoms with Gasteiger partial charge in [-0.2, -0.15) is 0 Å². The molecule has 7 heteroatoms. The SMILES string of the molecule is CCCCC(=O)N1CSCC1C(=O)NCC(CC)(C(=O)O)c1ccccc1. The van der Waals surface area contributed by atoms with E-state index in [0.717, 1.165) is 12.8 Å². The number of nitrogens with zero attached hydrogens (tertiary/aromatic N) is 1. The molecule has 0 aromatic heterocycles. The van der Waals surface area contributed by atoms with Crippen LogP contribution < -0.4 is 5.32 Å². The number of carbonyl (C=O) groups is 3. The molecule has 0 radical (unpaired) electrons. The standard InChI is InChI=1S/C20H28N2O4S/c1-3-5-11-17(23)22-14-27-12-16(22)18(24)21-13-20(4-2,19(25)26)15-9-7-6-8-10-15/h6-10,16H,3-5,11-14H2,1-2H3,(H,21,24)(H,25,26). The van der Waals surface area contributed by atoms with Gasteiger partial charge in [0, 0.05) is 18.7 Å². The van der Waals surface area contributed by atoms with E-state index in [-0.39, 0.29) is 18.4 Å². The number of hydrogen-bond acceptors (Lipinski definition) is 4. The van der Waals surface area contributed by atoms with Gasteiger partial charge in [0.05, 0.1) is 5.88 Å². The Morgan fingerprint density at radius 3 is 2.56 bits per heavy atom. The molecule has 2 unspecified atom stereocenters. The lowest BCUT2D eigenvalue weighted by Crippen LogP contribution is -2.52. The fourth-order valence-electron chi connectivity index (χ4n) is 3.27. The van der Waals surface area contributed by atoms with E-state index in [4.69, 9.17) is 0 Å². The topological polar surface area (TPSA) is 86.7 Å². The van der Waals surface area contributed by atoms with Crippen molar-refractivity contribution in [1.82, 2.24) is 10.2 Å². The van der Waals surface area contributed by atoms with Gasteiger partial charge in [0.2, 0.25) is 11.8 Å². The van der Waals surface area contributed by atoms with Crippen LogP contribution in [-0.2, 0) is 19.8 Å². The third kappa shape index (κ3) is 4.83. The molecule has 1 heterocycles. The highest BCUT2D eigenvalue weighted by Gasteiger charge is 2.41. The maximum absolute atomic E-state index is 12.7. The van der Waals surface area contributed by atoms with Crippen molar-refractivity contribution in [3.05, 3.63) is 35.9 Å². The highest BCUT2D eigenvalue weighted by Crippen LogP contribution is 2.28. The number of thioether (sulfide) groups is 1. The van der Waals surface area contributed by atoms with Gasteiger partial charge in [0.1, 0.15) is 11.5 Å². The fourth-order valence-corrected chi connectivity index (χ4v) is 4.45. The smallest absolute Gasteiger partial charge is 0.315 e. The summed E-state index contributed by atoms with van der Waals surface area (Å²) in [7, 11) is 0. The molecule has 0 bridgehead atoms. The fraction of sp³-hybridized carbons (Fsp3) is 0.550. The summed E-state index contributed by atoms with van der Waals surface area (Å²) in [5.41, 5.74) is -0.517. The van der Waals surface area contributed by atoms with E-state index < -0.39 is 17.4 Å². The number of aliphatic carboxylic acids is 1. The minimum absolute atomic E-state index is 0.000162. The second kappa shape index (κ2) is 9.78. The number of rotatable bonds is 9. The maximum atomic E-state index is 12.7. The summed E-state index contributed by atoms with van der Waals surface area (Å²) >= 11 is 1.55. The van der Waals surface area contributed by atoms with Gasteiger partial charge in [0.25, 0.3) is 0 Å². The number of benzene rings is 1. The summed E-state index contributed by atoms with van der Waals surface area (Å²) in [6.07, 6.45) is 2.53. The van der Waals surface area contributed by atoms with Crippen LogP contribution >= 0.6 is 11.8 Å². The quantitative estimate of drug-likeness (QED) is 0.675. The summed E-state index contributed by atoms with van der Waals surface area (Å²) in [4.78, 5) is 38.8. The van der Waals surface area contributed by atoms with Gasteiger partial charge in [0.15, 0.2) is 0 Å². The normalized spacial score (nSPS) is 18.7. The predicted octanol–water partition coefficient (Wildman–Crippen LogP) is 2.63. The number of hydrogen-bond donors (Lipinski definition) is 2. The molecule has 1 saturated heterocycles. The molecule has 6 nitrogen and oxygen atoms in total. The molecule has 1 fully saturated rings. The molecular weight excluding hydrogens is 364 g/mol. The average molecular weight is 393 g/mol. The van der Waals surface area contributed by atoms with Crippen LogP contribution in [-0.4, -0.2) is 52.0 Å². The van der Waals surface area contributed by atoms with Crippen molar-refractivity contribution >= 4 is 29.5 Å². The van der Waals surface area contributed by atoms with E-state index in [1.165, 1.54) is 0 Å². The monoisotopic (exact) mass is 392 g/mol. The van der Waals surface area contributed by atoms with Crippen LogP contribution in [0.1, 0.15) is 45.1 Å². The van der Waals surface area contributed by atoms with E-state index in [0.29, 0.717) is 30.0 Å². The largest absolute Gasteiger partial charge is 0.481 e. The molecule has 2 rings (SSSR count). The van der Waals surface area contributed by atoms with E-state index in [1.54, 1.807) is 47.9 Å². The van der Waals surface area contributed by atoms with Crippen molar-refractivity contribution in [3.63, 3.8) is 0 Å². The molecule has 2 atom stereocenters. The Morgan fingerprint density at radius 2 is 1.96 bits per heavy atom. The Labute approximate surface area is 164 Å². The lowest BCUT2D eigenvalue weighted by molar-refractivity contribution is -0.144. The number of carboxylic acid groups (broad SMARTS) is 1. The zero-order chi connectivity index (χ0) is 19.9. The van der Waals surface area contributed by atoms with Crippen LogP contribution in [0.4, 0.5) is 0 Å². The Bertz CT molecular complexity index is 667. The number of unbranched alkanes of at least 4 members (excludes halogenated alkanes) is 1. The highest BCUT2D eigenvalue weighted by atomic mass is 32.2. The van der Waals surface area contributed by atoms with Crippen LogP contribution in [0.25, 0.3) is 0 Å². The summed E-state index contributed by atoms with van der Waals surface area (Å²) < 4.78 is 0. The predicted molar refractivity (Wildman–Crippen MR) is 107 cm³/mol. The van der Waals surface area contributed by atoms with Crippen molar-refractivity contribution in [2.24, 2.45) is 0 Å². The third-order valence-corrected chi connectivity index (χ3v) is 6.17. The average Bonchev–Trinajstić information content (AvgIpc) is 3.17. The Hall–Kier alpha value is -2.02. The number of carbonyl (C=O) groups excluding carboxylic acids is 2. The number of carboxylic acids is 1. The Morgan fingerprint density at radius 1 is 1.26 bits per heavy atom. The Kier molecular flexibility index (Phi) is 7.71. The third-order valence-electron chi connectivity index (χ3n) is 5.15. The minimum atomic E-state index is -1.18. The van der Waals surface area contributed by atoms with Crippen molar-refractivity contribution in [3.8, 4) is 0 Å². The van der Waals surface area contributed by atoms with Crippen molar-refractivity contribution < 1.29 is 19.5 Å². The maximum Gasteiger partial charge on any atom is 0.315 e. The van der Waals surface area contributed by atoms with E-state index in [9.17, 15) is 19.5 Å². The first-order chi connectivity index (χ1) is 13.0. The molecule has 1 aliphatic heterocycles. The first kappa shape index (κ1) is 21.3. The summed E-state index contributed by atoms with van der Waals surface area (Å²) in [6, 6.07) is 8.45. The molecule has 1 aromatic rings. The summed E-state index contributed by atoms with van der Waals surface area (Å²) in [5.74, 6) is -0.198. The molecule has 148 valence electrons. The lowest BCUT2D eigenvalue weighted by atomic mass is 9.78.